The summed E-state index contributed by atoms with van der Waals surface area (Å²) in [5.41, 5.74) is 4.24. The molecule has 2 aromatic heterocycles. The highest BCUT2D eigenvalue weighted by molar-refractivity contribution is 5.80. The number of hydrogen-bond acceptors (Lipinski definition) is 6. The van der Waals surface area contributed by atoms with Crippen molar-refractivity contribution in [2.75, 3.05) is 31.1 Å². The zero-order valence-corrected chi connectivity index (χ0v) is 22.5. The topological polar surface area (TPSA) is 82.9 Å². The number of nitrogens with zero attached hydrogens (tertiary/aromatic N) is 6. The Morgan fingerprint density at radius 1 is 0.925 bits per heavy atom. The van der Waals surface area contributed by atoms with Crippen LogP contribution < -0.4 is 10.5 Å². The lowest BCUT2D eigenvalue weighted by Crippen LogP contribution is -2.49. The first-order valence-corrected chi connectivity index (χ1v) is 13.8. The molecule has 3 heterocycles. The number of fused-ring (bicyclic) bond motifs is 1. The van der Waals surface area contributed by atoms with E-state index in [1.807, 2.05) is 53.2 Å². The minimum absolute atomic E-state index is 0.157. The molecule has 0 amide bonds. The molecule has 1 atom stereocenters. The Morgan fingerprint density at radius 3 is 2.48 bits per heavy atom. The highest BCUT2D eigenvalue weighted by Crippen LogP contribution is 2.30. The van der Waals surface area contributed by atoms with Gasteiger partial charge in [0.15, 0.2) is 5.82 Å². The lowest BCUT2D eigenvalue weighted by Gasteiger charge is -2.39. The average Bonchev–Trinajstić information content (AvgIpc) is 3.45. The van der Waals surface area contributed by atoms with Gasteiger partial charge in [0, 0.05) is 43.8 Å². The van der Waals surface area contributed by atoms with Gasteiger partial charge < -0.3 is 9.88 Å². The molecule has 1 fully saturated rings. The maximum absolute atomic E-state index is 14.5. The second kappa shape index (κ2) is 11.4. The summed E-state index contributed by atoms with van der Waals surface area (Å²) in [7, 11) is 0. The third-order valence-electron chi connectivity index (χ3n) is 7.77. The highest BCUT2D eigenvalue weighted by atomic mass is 19.1. The van der Waals surface area contributed by atoms with Crippen molar-refractivity contribution >= 4 is 16.6 Å². The number of halogens is 1. The van der Waals surface area contributed by atoms with Crippen LogP contribution >= 0.6 is 0 Å². The first-order chi connectivity index (χ1) is 19.6. The van der Waals surface area contributed by atoms with E-state index in [1.54, 1.807) is 6.07 Å². The molecule has 1 aliphatic rings. The van der Waals surface area contributed by atoms with Crippen molar-refractivity contribution in [2.24, 2.45) is 0 Å². The van der Waals surface area contributed by atoms with Crippen LogP contribution in [0.2, 0.25) is 0 Å². The summed E-state index contributed by atoms with van der Waals surface area (Å²) in [6.45, 7) is 5.19. The minimum Gasteiger partial charge on any atom is -0.367 e. The predicted molar refractivity (Wildman–Crippen MR) is 154 cm³/mol. The van der Waals surface area contributed by atoms with Crippen molar-refractivity contribution in [3.63, 3.8) is 0 Å². The molecule has 1 N–H and O–H groups in total. The highest BCUT2D eigenvalue weighted by Gasteiger charge is 2.33. The molecule has 3 aromatic carbocycles. The Balaban J connectivity index is 1.36. The summed E-state index contributed by atoms with van der Waals surface area (Å²) in [6, 6.07) is 24.7. The molecule has 5 aromatic rings. The summed E-state index contributed by atoms with van der Waals surface area (Å²) >= 11 is 0. The van der Waals surface area contributed by atoms with Gasteiger partial charge in [-0.3, -0.25) is 9.69 Å². The lowest BCUT2D eigenvalue weighted by molar-refractivity contribution is 0.199. The van der Waals surface area contributed by atoms with E-state index in [2.05, 4.69) is 55.4 Å². The van der Waals surface area contributed by atoms with Gasteiger partial charge in [0.25, 0.3) is 5.56 Å². The van der Waals surface area contributed by atoms with Crippen molar-refractivity contribution in [2.45, 2.75) is 32.4 Å². The number of piperazine rings is 1. The molecule has 0 saturated carbocycles. The van der Waals surface area contributed by atoms with E-state index in [4.69, 9.17) is 0 Å². The molecule has 6 rings (SSSR count). The van der Waals surface area contributed by atoms with Gasteiger partial charge in [0.1, 0.15) is 11.9 Å². The molecular weight excluding hydrogens is 505 g/mol. The summed E-state index contributed by atoms with van der Waals surface area (Å²) in [5, 5.41) is 13.8. The molecule has 0 aliphatic carbocycles. The van der Waals surface area contributed by atoms with E-state index in [-0.39, 0.29) is 11.4 Å². The van der Waals surface area contributed by atoms with Gasteiger partial charge in [-0.1, -0.05) is 55.5 Å². The van der Waals surface area contributed by atoms with E-state index in [1.165, 1.54) is 17.2 Å². The van der Waals surface area contributed by atoms with E-state index in [0.717, 1.165) is 23.7 Å². The van der Waals surface area contributed by atoms with Gasteiger partial charge in [0.05, 0.1) is 5.69 Å². The molecule has 8 nitrogen and oxygen atoms in total. The number of hydrogen-bond donors (Lipinski definition) is 1. The summed E-state index contributed by atoms with van der Waals surface area (Å²) in [5.74, 6) is 0.404. The van der Waals surface area contributed by atoms with E-state index >= 15 is 0 Å². The van der Waals surface area contributed by atoms with Gasteiger partial charge in [-0.15, -0.1) is 5.10 Å². The third kappa shape index (κ3) is 5.24. The van der Waals surface area contributed by atoms with Gasteiger partial charge in [-0.25, -0.2) is 9.07 Å². The van der Waals surface area contributed by atoms with Crippen molar-refractivity contribution in [1.82, 2.24) is 30.1 Å². The van der Waals surface area contributed by atoms with E-state index in [9.17, 15) is 9.18 Å². The van der Waals surface area contributed by atoms with E-state index < -0.39 is 6.04 Å². The number of aryl methyl sites for hydroxylation is 3. The van der Waals surface area contributed by atoms with Crippen LogP contribution in [0, 0.1) is 5.82 Å². The number of H-pyrrole nitrogens is 1. The fourth-order valence-electron chi connectivity index (χ4n) is 5.57. The van der Waals surface area contributed by atoms with Gasteiger partial charge in [-0.2, -0.15) is 0 Å². The Bertz CT molecular complexity index is 1660. The van der Waals surface area contributed by atoms with Crippen LogP contribution in [-0.4, -0.2) is 56.3 Å². The normalized spacial score (nSPS) is 15.0. The monoisotopic (exact) mass is 537 g/mol. The minimum atomic E-state index is -0.452. The van der Waals surface area contributed by atoms with Gasteiger partial charge in [0.2, 0.25) is 0 Å². The fourth-order valence-corrected chi connectivity index (χ4v) is 5.57. The molecule has 40 heavy (non-hydrogen) atoms. The van der Waals surface area contributed by atoms with Crippen LogP contribution in [-0.2, 0) is 19.4 Å². The Kier molecular flexibility index (Phi) is 7.37. The first-order valence-electron chi connectivity index (χ1n) is 13.8. The second-order valence-electron chi connectivity index (χ2n) is 10.2. The largest absolute Gasteiger partial charge is 0.367 e. The summed E-state index contributed by atoms with van der Waals surface area (Å²) < 4.78 is 16.3. The van der Waals surface area contributed by atoms with Crippen LogP contribution in [0.4, 0.5) is 10.1 Å². The number of para-hydroxylation sites is 1. The summed E-state index contributed by atoms with van der Waals surface area (Å²) in [4.78, 5) is 21.0. The molecule has 0 radical (unpaired) electrons. The van der Waals surface area contributed by atoms with Crippen molar-refractivity contribution < 1.29 is 4.39 Å². The number of nitrogens with one attached hydrogen (secondary N) is 1. The van der Waals surface area contributed by atoms with Crippen molar-refractivity contribution in [3.05, 3.63) is 118 Å². The Hall–Kier alpha value is -4.37. The van der Waals surface area contributed by atoms with Crippen LogP contribution in [0.1, 0.15) is 35.5 Å². The predicted octanol–water partition coefficient (Wildman–Crippen LogP) is 4.37. The molecule has 1 saturated heterocycles. The van der Waals surface area contributed by atoms with Crippen molar-refractivity contribution in [3.8, 4) is 0 Å². The smallest absolute Gasteiger partial charge is 0.253 e. The fraction of sp³-hybridized carbons (Fsp3) is 0.290. The third-order valence-corrected chi connectivity index (χ3v) is 7.77. The second-order valence-corrected chi connectivity index (χ2v) is 10.2. The molecule has 0 bridgehead atoms. The average molecular weight is 538 g/mol. The maximum atomic E-state index is 14.5. The van der Waals surface area contributed by atoms with Crippen LogP contribution in [0.25, 0.3) is 10.9 Å². The number of aromatic nitrogens is 5. The molecule has 0 unspecified atom stereocenters. The Labute approximate surface area is 232 Å². The van der Waals surface area contributed by atoms with Crippen LogP contribution in [0.5, 0.6) is 0 Å². The van der Waals surface area contributed by atoms with Gasteiger partial charge in [-0.05, 0) is 70.1 Å². The standard InChI is InChI=1S/C31H32FN7O/c1-2-22-12-13-27-24(20-22)21-25(31(40)33-27)29(30-34-35-36-39(30)15-14-23-8-4-3-5-9-23)38-18-16-37(17-19-38)28-11-7-6-10-26(28)32/h3-13,20-21,29H,2,14-19H2,1H3,(H,33,40)/t29-/m0/s1. The SMILES string of the molecule is CCc1ccc2[nH]c(=O)c([C@@H](c3nnnn3CCc3ccccc3)N3CCN(c4ccccc4F)CC3)cc2c1. The zero-order valence-electron chi connectivity index (χ0n) is 22.5. The van der Waals surface area contributed by atoms with Crippen molar-refractivity contribution in [1.29, 1.82) is 0 Å². The van der Waals surface area contributed by atoms with Crippen LogP contribution in [0.3, 0.4) is 0 Å². The maximum Gasteiger partial charge on any atom is 0.253 e. The molecular formula is C31H32FN7O. The molecule has 0 spiro atoms. The summed E-state index contributed by atoms with van der Waals surface area (Å²) in [6.07, 6.45) is 1.67. The number of tetrazole rings is 1. The quantitative estimate of drug-likeness (QED) is 0.317. The number of pyridine rings is 1. The lowest BCUT2D eigenvalue weighted by atomic mass is 10.0. The molecule has 204 valence electrons. The zero-order chi connectivity index (χ0) is 27.5. The Morgan fingerprint density at radius 2 is 1.70 bits per heavy atom. The van der Waals surface area contributed by atoms with Crippen LogP contribution in [0.15, 0.2) is 83.7 Å². The first kappa shape index (κ1) is 25.9. The number of rotatable bonds is 8. The van der Waals surface area contributed by atoms with Gasteiger partial charge >= 0.3 is 0 Å². The number of anilines is 1. The number of benzene rings is 3. The molecule has 1 aliphatic heterocycles. The van der Waals surface area contributed by atoms with E-state index in [0.29, 0.717) is 49.8 Å². The number of aromatic amines is 1. The molecule has 9 heteroatoms.